The number of para-hydroxylation sites is 1. The van der Waals surface area contributed by atoms with E-state index in [1.165, 1.54) is 12.1 Å². The van der Waals surface area contributed by atoms with E-state index >= 15 is 0 Å². The Labute approximate surface area is 140 Å². The van der Waals surface area contributed by atoms with Crippen LogP contribution in [-0.4, -0.2) is 16.7 Å². The highest BCUT2D eigenvalue weighted by Crippen LogP contribution is 2.28. The third kappa shape index (κ3) is 3.10. The van der Waals surface area contributed by atoms with Gasteiger partial charge in [-0.25, -0.2) is 0 Å². The van der Waals surface area contributed by atoms with Crippen LogP contribution in [0.25, 0.3) is 0 Å². The molecule has 3 aromatic carbocycles. The monoisotopic (exact) mass is 316 g/mol. The van der Waals surface area contributed by atoms with E-state index in [2.05, 4.69) is 0 Å². The van der Waals surface area contributed by atoms with Crippen molar-refractivity contribution in [1.82, 2.24) is 0 Å². The average Bonchev–Trinajstić information content (AvgIpc) is 2.64. The normalized spacial score (nSPS) is 11.7. The molecular formula is C21H16O3. The molecule has 1 N–H and O–H groups in total. The molecule has 0 aliphatic heterocycles. The van der Waals surface area contributed by atoms with Gasteiger partial charge in [-0.15, -0.1) is 0 Å². The number of hydrogen-bond acceptors (Lipinski definition) is 3. The topological polar surface area (TPSA) is 54.4 Å². The lowest BCUT2D eigenvalue weighted by atomic mass is 9.84. The molecule has 3 nitrogen and oxygen atoms in total. The van der Waals surface area contributed by atoms with Crippen molar-refractivity contribution in [3.05, 3.63) is 102 Å². The minimum Gasteiger partial charge on any atom is -0.507 e. The van der Waals surface area contributed by atoms with Crippen LogP contribution < -0.4 is 0 Å². The summed E-state index contributed by atoms with van der Waals surface area (Å²) < 4.78 is 0. The Bertz CT molecular complexity index is 855. The molecule has 0 saturated carbocycles. The Morgan fingerprint density at radius 1 is 0.667 bits per heavy atom. The van der Waals surface area contributed by atoms with E-state index in [0.29, 0.717) is 11.1 Å². The van der Waals surface area contributed by atoms with Crippen molar-refractivity contribution < 1.29 is 14.7 Å². The van der Waals surface area contributed by atoms with Gasteiger partial charge in [-0.05, 0) is 17.7 Å². The highest BCUT2D eigenvalue weighted by molar-refractivity contribution is 6.20. The van der Waals surface area contributed by atoms with Gasteiger partial charge in [0.1, 0.15) is 11.7 Å². The predicted octanol–water partition coefficient (Wildman–Crippen LogP) is 4.24. The Morgan fingerprint density at radius 2 is 1.21 bits per heavy atom. The van der Waals surface area contributed by atoms with Crippen molar-refractivity contribution in [3.63, 3.8) is 0 Å². The molecule has 24 heavy (non-hydrogen) atoms. The SMILES string of the molecule is O=C(c1ccccc1)C(C(=O)c1ccccc1O)c1ccccc1. The van der Waals surface area contributed by atoms with Crippen LogP contribution in [0.1, 0.15) is 32.2 Å². The van der Waals surface area contributed by atoms with Crippen LogP contribution in [0.3, 0.4) is 0 Å². The lowest BCUT2D eigenvalue weighted by Gasteiger charge is -2.16. The summed E-state index contributed by atoms with van der Waals surface area (Å²) in [4.78, 5) is 26.0. The van der Waals surface area contributed by atoms with Gasteiger partial charge in [0.05, 0.1) is 5.56 Å². The minimum absolute atomic E-state index is 0.121. The van der Waals surface area contributed by atoms with Crippen molar-refractivity contribution in [1.29, 1.82) is 0 Å². The van der Waals surface area contributed by atoms with E-state index in [1.54, 1.807) is 60.7 Å². The number of carbonyl (C=O) groups excluding carboxylic acids is 2. The molecule has 0 spiro atoms. The molecule has 1 unspecified atom stereocenters. The van der Waals surface area contributed by atoms with E-state index in [9.17, 15) is 14.7 Å². The summed E-state index contributed by atoms with van der Waals surface area (Å²) in [6, 6.07) is 23.9. The lowest BCUT2D eigenvalue weighted by Crippen LogP contribution is -2.22. The molecule has 0 fully saturated rings. The second-order valence-electron chi connectivity index (χ2n) is 5.46. The Hall–Kier alpha value is -3.20. The fraction of sp³-hybridized carbons (Fsp3) is 0.0476. The number of Topliss-reactive ketones (excluding diaryl/α,β-unsaturated/α-hetero) is 2. The van der Waals surface area contributed by atoms with Crippen LogP contribution in [0.4, 0.5) is 0 Å². The van der Waals surface area contributed by atoms with Gasteiger partial charge in [0, 0.05) is 5.56 Å². The molecule has 0 radical (unpaired) electrons. The van der Waals surface area contributed by atoms with Gasteiger partial charge in [0.2, 0.25) is 0 Å². The van der Waals surface area contributed by atoms with Crippen molar-refractivity contribution in [3.8, 4) is 5.75 Å². The first kappa shape index (κ1) is 15.7. The molecule has 0 heterocycles. The van der Waals surface area contributed by atoms with Crippen LogP contribution >= 0.6 is 0 Å². The summed E-state index contributed by atoms with van der Waals surface area (Å²) >= 11 is 0. The van der Waals surface area contributed by atoms with Gasteiger partial charge in [0.15, 0.2) is 11.6 Å². The van der Waals surface area contributed by atoms with Crippen molar-refractivity contribution in [2.45, 2.75) is 5.92 Å². The fourth-order valence-electron chi connectivity index (χ4n) is 2.67. The summed E-state index contributed by atoms with van der Waals surface area (Å²) in [5.41, 5.74) is 1.23. The second-order valence-corrected chi connectivity index (χ2v) is 5.46. The first-order valence-corrected chi connectivity index (χ1v) is 7.65. The number of rotatable bonds is 5. The Kier molecular flexibility index (Phi) is 4.52. The maximum absolute atomic E-state index is 13.0. The number of ketones is 2. The predicted molar refractivity (Wildman–Crippen MR) is 92.4 cm³/mol. The maximum Gasteiger partial charge on any atom is 0.181 e. The molecule has 118 valence electrons. The molecule has 0 aliphatic rings. The number of benzene rings is 3. The zero-order chi connectivity index (χ0) is 16.9. The fourth-order valence-corrected chi connectivity index (χ4v) is 2.67. The third-order valence-electron chi connectivity index (χ3n) is 3.89. The summed E-state index contributed by atoms with van der Waals surface area (Å²) in [7, 11) is 0. The molecule has 0 aliphatic carbocycles. The van der Waals surface area contributed by atoms with Crippen LogP contribution in [0.15, 0.2) is 84.9 Å². The summed E-state index contributed by atoms with van der Waals surface area (Å²) in [5, 5.41) is 10.00. The molecule has 0 aromatic heterocycles. The molecule has 1 atom stereocenters. The average molecular weight is 316 g/mol. The van der Waals surface area contributed by atoms with Gasteiger partial charge in [-0.2, -0.15) is 0 Å². The zero-order valence-electron chi connectivity index (χ0n) is 12.9. The molecule has 0 saturated heterocycles. The first-order chi connectivity index (χ1) is 11.7. The smallest absolute Gasteiger partial charge is 0.181 e. The van der Waals surface area contributed by atoms with Crippen molar-refractivity contribution in [2.24, 2.45) is 0 Å². The first-order valence-electron chi connectivity index (χ1n) is 7.65. The molecule has 0 bridgehead atoms. The number of aromatic hydroxyl groups is 1. The van der Waals surface area contributed by atoms with E-state index in [4.69, 9.17) is 0 Å². The molecule has 0 amide bonds. The molecule has 3 rings (SSSR count). The van der Waals surface area contributed by atoms with Crippen LogP contribution in [0, 0.1) is 0 Å². The zero-order valence-corrected chi connectivity index (χ0v) is 12.9. The number of hydrogen-bond donors (Lipinski definition) is 1. The van der Waals surface area contributed by atoms with E-state index in [0.717, 1.165) is 0 Å². The quantitative estimate of drug-likeness (QED) is 0.566. The Morgan fingerprint density at radius 3 is 1.83 bits per heavy atom. The number of carbonyl (C=O) groups is 2. The van der Waals surface area contributed by atoms with Gasteiger partial charge < -0.3 is 5.11 Å². The number of phenols is 1. The number of phenolic OH excluding ortho intramolecular Hbond substituents is 1. The van der Waals surface area contributed by atoms with Gasteiger partial charge in [-0.1, -0.05) is 72.8 Å². The van der Waals surface area contributed by atoms with E-state index in [-0.39, 0.29) is 17.1 Å². The van der Waals surface area contributed by atoms with Gasteiger partial charge in [-0.3, -0.25) is 9.59 Å². The standard InChI is InChI=1S/C21H16O3/c22-18-14-8-7-13-17(18)21(24)19(15-9-3-1-4-10-15)20(23)16-11-5-2-6-12-16/h1-14,19,22H. The largest absolute Gasteiger partial charge is 0.507 e. The van der Waals surface area contributed by atoms with Crippen LogP contribution in [0.2, 0.25) is 0 Å². The summed E-state index contributed by atoms with van der Waals surface area (Å²) in [5.74, 6) is -1.80. The molecular weight excluding hydrogens is 300 g/mol. The second kappa shape index (κ2) is 6.92. The van der Waals surface area contributed by atoms with Crippen LogP contribution in [0.5, 0.6) is 5.75 Å². The molecule has 3 heteroatoms. The van der Waals surface area contributed by atoms with Crippen LogP contribution in [-0.2, 0) is 0 Å². The highest BCUT2D eigenvalue weighted by atomic mass is 16.3. The summed E-state index contributed by atoms with van der Waals surface area (Å²) in [6.07, 6.45) is 0. The van der Waals surface area contributed by atoms with E-state index in [1.807, 2.05) is 12.1 Å². The van der Waals surface area contributed by atoms with Gasteiger partial charge in [0.25, 0.3) is 0 Å². The maximum atomic E-state index is 13.0. The molecule has 3 aromatic rings. The van der Waals surface area contributed by atoms with Crippen molar-refractivity contribution >= 4 is 11.6 Å². The lowest BCUT2D eigenvalue weighted by molar-refractivity contribution is 0.0859. The third-order valence-corrected chi connectivity index (χ3v) is 3.89. The highest BCUT2D eigenvalue weighted by Gasteiger charge is 2.31. The summed E-state index contributed by atoms with van der Waals surface area (Å²) in [6.45, 7) is 0. The van der Waals surface area contributed by atoms with Crippen molar-refractivity contribution in [2.75, 3.05) is 0 Å². The van der Waals surface area contributed by atoms with Gasteiger partial charge >= 0.3 is 0 Å². The minimum atomic E-state index is -0.984. The van der Waals surface area contributed by atoms with E-state index < -0.39 is 11.7 Å². The Balaban J connectivity index is 2.08.